The molecule has 104 valence electrons. The molecular weight excluding hydrogens is 242 g/mol. The Morgan fingerprint density at radius 1 is 1.47 bits per heavy atom. The second-order valence-electron chi connectivity index (χ2n) is 5.76. The first-order chi connectivity index (χ1) is 9.17. The topological polar surface area (TPSA) is 71.5 Å². The van der Waals surface area contributed by atoms with Crippen LogP contribution in [0.5, 0.6) is 0 Å². The molecule has 0 radical (unpaired) electrons. The van der Waals surface area contributed by atoms with Gasteiger partial charge in [-0.25, -0.2) is 5.84 Å². The third-order valence-corrected chi connectivity index (χ3v) is 3.96. The van der Waals surface area contributed by atoms with Crippen molar-refractivity contribution in [3.05, 3.63) is 23.2 Å². The molecule has 1 amide bonds. The summed E-state index contributed by atoms with van der Waals surface area (Å²) in [5.41, 5.74) is 2.69. The predicted molar refractivity (Wildman–Crippen MR) is 71.3 cm³/mol. The maximum absolute atomic E-state index is 11.6. The Morgan fingerprint density at radius 2 is 2.21 bits per heavy atom. The minimum Gasteiger partial charge on any atom is -0.464 e. The lowest BCUT2D eigenvalue weighted by Crippen LogP contribution is -2.30. The maximum atomic E-state index is 11.6. The number of aryl methyl sites for hydroxylation is 1. The molecule has 0 aliphatic heterocycles. The first-order valence-corrected chi connectivity index (χ1v) is 7.01. The molecule has 2 aliphatic carbocycles. The van der Waals surface area contributed by atoms with Gasteiger partial charge in [0.25, 0.3) is 5.91 Å². The first kappa shape index (κ1) is 12.7. The van der Waals surface area contributed by atoms with E-state index in [-0.39, 0.29) is 5.91 Å². The molecule has 0 unspecified atom stereocenters. The third-order valence-electron chi connectivity index (χ3n) is 3.96. The number of furan rings is 1. The van der Waals surface area contributed by atoms with Crippen LogP contribution in [0, 0.1) is 12.8 Å². The summed E-state index contributed by atoms with van der Waals surface area (Å²) in [7, 11) is 0. The van der Waals surface area contributed by atoms with Gasteiger partial charge in [-0.05, 0) is 44.6 Å². The van der Waals surface area contributed by atoms with Crippen LogP contribution in [0.3, 0.4) is 0 Å². The van der Waals surface area contributed by atoms with Gasteiger partial charge in [0.2, 0.25) is 0 Å². The van der Waals surface area contributed by atoms with E-state index in [0.717, 1.165) is 24.3 Å². The van der Waals surface area contributed by atoms with Crippen molar-refractivity contribution in [2.75, 3.05) is 6.54 Å². The molecule has 2 aliphatic rings. The van der Waals surface area contributed by atoms with Gasteiger partial charge in [0.15, 0.2) is 0 Å². The molecule has 3 rings (SSSR count). The molecule has 1 aromatic heterocycles. The second-order valence-corrected chi connectivity index (χ2v) is 5.76. The summed E-state index contributed by atoms with van der Waals surface area (Å²) < 4.78 is 5.69. The molecule has 1 aromatic rings. The van der Waals surface area contributed by atoms with Crippen LogP contribution in [0.15, 0.2) is 10.5 Å². The van der Waals surface area contributed by atoms with E-state index >= 15 is 0 Å². The van der Waals surface area contributed by atoms with Crippen molar-refractivity contribution >= 4 is 5.91 Å². The summed E-state index contributed by atoms with van der Waals surface area (Å²) in [6.07, 6.45) is 5.31. The van der Waals surface area contributed by atoms with E-state index in [1.807, 2.05) is 6.07 Å². The van der Waals surface area contributed by atoms with Crippen LogP contribution < -0.4 is 11.3 Å². The number of carbonyl (C=O) groups is 1. The summed E-state index contributed by atoms with van der Waals surface area (Å²) in [5.74, 6) is 7.26. The lowest BCUT2D eigenvalue weighted by molar-refractivity contribution is 0.0952. The maximum Gasteiger partial charge on any atom is 0.268 e. The van der Waals surface area contributed by atoms with Gasteiger partial charge in [-0.3, -0.25) is 15.1 Å². The molecule has 5 nitrogen and oxygen atoms in total. The smallest absolute Gasteiger partial charge is 0.268 e. The van der Waals surface area contributed by atoms with Gasteiger partial charge in [-0.2, -0.15) is 0 Å². The van der Waals surface area contributed by atoms with Gasteiger partial charge >= 0.3 is 0 Å². The molecule has 0 atom stereocenters. The van der Waals surface area contributed by atoms with Crippen LogP contribution in [0.1, 0.15) is 47.6 Å². The van der Waals surface area contributed by atoms with Gasteiger partial charge in [0.1, 0.15) is 11.5 Å². The summed E-state index contributed by atoms with van der Waals surface area (Å²) in [6, 6.07) is 2.54. The normalized spacial score (nSPS) is 18.9. The molecule has 1 heterocycles. The van der Waals surface area contributed by atoms with Gasteiger partial charge in [0, 0.05) is 12.6 Å². The highest BCUT2D eigenvalue weighted by atomic mass is 16.3. The molecule has 0 aromatic carbocycles. The highest BCUT2D eigenvalue weighted by Crippen LogP contribution is 2.35. The SMILES string of the molecule is Cc1oc(CN(CC2CC2)C2CC2)cc1C(=O)NN. The van der Waals surface area contributed by atoms with Crippen molar-refractivity contribution in [1.82, 2.24) is 10.3 Å². The van der Waals surface area contributed by atoms with Crippen molar-refractivity contribution in [1.29, 1.82) is 0 Å². The van der Waals surface area contributed by atoms with E-state index in [0.29, 0.717) is 11.3 Å². The fourth-order valence-corrected chi connectivity index (χ4v) is 2.54. The molecule has 2 fully saturated rings. The lowest BCUT2D eigenvalue weighted by atomic mass is 10.2. The average molecular weight is 263 g/mol. The van der Waals surface area contributed by atoms with Crippen LogP contribution in [-0.2, 0) is 6.54 Å². The number of hydrogen-bond acceptors (Lipinski definition) is 4. The summed E-state index contributed by atoms with van der Waals surface area (Å²) in [4.78, 5) is 14.1. The highest BCUT2D eigenvalue weighted by molar-refractivity contribution is 5.94. The number of nitrogens with two attached hydrogens (primary N) is 1. The zero-order valence-electron chi connectivity index (χ0n) is 11.3. The van der Waals surface area contributed by atoms with E-state index < -0.39 is 0 Å². The molecule has 3 N–H and O–H groups in total. The Morgan fingerprint density at radius 3 is 2.79 bits per heavy atom. The molecule has 19 heavy (non-hydrogen) atoms. The minimum atomic E-state index is -0.285. The summed E-state index contributed by atoms with van der Waals surface area (Å²) in [6.45, 7) is 3.78. The Bertz CT molecular complexity index is 475. The Labute approximate surface area is 113 Å². The highest BCUT2D eigenvalue weighted by Gasteiger charge is 2.34. The number of hydrogen-bond donors (Lipinski definition) is 2. The van der Waals surface area contributed by atoms with Gasteiger partial charge in [-0.15, -0.1) is 0 Å². The Balaban J connectivity index is 1.68. The molecular formula is C14H21N3O2. The zero-order valence-corrected chi connectivity index (χ0v) is 11.3. The fourth-order valence-electron chi connectivity index (χ4n) is 2.54. The number of nitrogen functional groups attached to an aromatic ring is 1. The number of rotatable bonds is 6. The molecule has 2 saturated carbocycles. The molecule has 5 heteroatoms. The van der Waals surface area contributed by atoms with Crippen molar-refractivity contribution in [3.8, 4) is 0 Å². The van der Waals surface area contributed by atoms with Crippen LogP contribution in [0.25, 0.3) is 0 Å². The number of hydrazine groups is 1. The van der Waals surface area contributed by atoms with Crippen molar-refractivity contribution in [2.24, 2.45) is 11.8 Å². The monoisotopic (exact) mass is 263 g/mol. The Hall–Kier alpha value is -1.33. The van der Waals surface area contributed by atoms with Gasteiger partial charge in [-0.1, -0.05) is 0 Å². The van der Waals surface area contributed by atoms with E-state index in [1.165, 1.54) is 32.2 Å². The quantitative estimate of drug-likeness (QED) is 0.464. The molecule has 0 bridgehead atoms. The van der Waals surface area contributed by atoms with Crippen molar-refractivity contribution < 1.29 is 9.21 Å². The van der Waals surface area contributed by atoms with Crippen LogP contribution in [0.4, 0.5) is 0 Å². The number of nitrogens with zero attached hydrogens (tertiary/aromatic N) is 1. The van der Waals surface area contributed by atoms with Crippen molar-refractivity contribution in [2.45, 2.75) is 45.2 Å². The largest absolute Gasteiger partial charge is 0.464 e. The standard InChI is InChI=1S/C14H21N3O2/c1-9-13(14(18)16-15)6-12(19-9)8-17(11-4-5-11)7-10-2-3-10/h6,10-11H,2-5,7-8,15H2,1H3,(H,16,18). The van der Waals surface area contributed by atoms with Crippen molar-refractivity contribution in [3.63, 3.8) is 0 Å². The lowest BCUT2D eigenvalue weighted by Gasteiger charge is -2.20. The Kier molecular flexibility index (Phi) is 3.33. The second kappa shape index (κ2) is 4.98. The summed E-state index contributed by atoms with van der Waals surface area (Å²) in [5, 5.41) is 0. The van der Waals surface area contributed by atoms with Crippen LogP contribution in [0.2, 0.25) is 0 Å². The van der Waals surface area contributed by atoms with E-state index in [2.05, 4.69) is 10.3 Å². The summed E-state index contributed by atoms with van der Waals surface area (Å²) >= 11 is 0. The molecule has 0 saturated heterocycles. The number of nitrogens with one attached hydrogen (secondary N) is 1. The number of amides is 1. The third kappa shape index (κ3) is 2.98. The minimum absolute atomic E-state index is 0.285. The van der Waals surface area contributed by atoms with Gasteiger partial charge < -0.3 is 4.42 Å². The predicted octanol–water partition coefficient (Wildman–Crippen LogP) is 1.57. The number of carbonyl (C=O) groups excluding carboxylic acids is 1. The first-order valence-electron chi connectivity index (χ1n) is 7.01. The van der Waals surface area contributed by atoms with Gasteiger partial charge in [0.05, 0.1) is 12.1 Å². The van der Waals surface area contributed by atoms with E-state index in [1.54, 1.807) is 6.92 Å². The molecule has 0 spiro atoms. The zero-order chi connectivity index (χ0) is 13.4. The fraction of sp³-hybridized carbons (Fsp3) is 0.643. The van der Waals surface area contributed by atoms with E-state index in [9.17, 15) is 4.79 Å². The average Bonchev–Trinajstić information content (AvgIpc) is 3.27. The van der Waals surface area contributed by atoms with Crippen LogP contribution >= 0.6 is 0 Å². The van der Waals surface area contributed by atoms with Crippen LogP contribution in [-0.4, -0.2) is 23.4 Å². The van der Waals surface area contributed by atoms with E-state index in [4.69, 9.17) is 10.3 Å².